The summed E-state index contributed by atoms with van der Waals surface area (Å²) in [7, 11) is 0. The summed E-state index contributed by atoms with van der Waals surface area (Å²) in [5, 5.41) is 4.32. The van der Waals surface area contributed by atoms with E-state index in [2.05, 4.69) is 29.4 Å². The smallest absolute Gasteiger partial charge is 0.0278 e. The Morgan fingerprint density at radius 1 is 1.40 bits per heavy atom. The summed E-state index contributed by atoms with van der Waals surface area (Å²) in [6, 6.07) is 4.95. The lowest BCUT2D eigenvalue weighted by molar-refractivity contribution is 0.543. The molecule has 0 bridgehead atoms. The lowest BCUT2D eigenvalue weighted by atomic mass is 10.2. The van der Waals surface area contributed by atoms with Crippen LogP contribution in [0.5, 0.6) is 0 Å². The molecule has 1 aliphatic rings. The number of aromatic nitrogens is 1. The molecule has 0 aliphatic heterocycles. The van der Waals surface area contributed by atoms with Gasteiger partial charge in [0.2, 0.25) is 0 Å². The van der Waals surface area contributed by atoms with Gasteiger partial charge in [-0.15, -0.1) is 11.8 Å². The highest BCUT2D eigenvalue weighted by atomic mass is 32.2. The van der Waals surface area contributed by atoms with Crippen molar-refractivity contribution in [2.45, 2.75) is 42.4 Å². The van der Waals surface area contributed by atoms with Crippen LogP contribution in [0.15, 0.2) is 29.4 Å². The number of rotatable bonds is 4. The molecule has 1 aliphatic carbocycles. The zero-order valence-corrected chi connectivity index (χ0v) is 9.96. The quantitative estimate of drug-likeness (QED) is 0.848. The molecule has 0 saturated heterocycles. The minimum Gasteiger partial charge on any atom is -0.314 e. The average Bonchev–Trinajstić information content (AvgIpc) is 2.68. The highest BCUT2D eigenvalue weighted by molar-refractivity contribution is 8.00. The van der Waals surface area contributed by atoms with E-state index >= 15 is 0 Å². The van der Waals surface area contributed by atoms with Gasteiger partial charge in [0.15, 0.2) is 0 Å². The van der Waals surface area contributed by atoms with E-state index in [-0.39, 0.29) is 0 Å². The fourth-order valence-corrected chi connectivity index (χ4v) is 3.38. The second kappa shape index (κ2) is 5.52. The molecule has 1 saturated carbocycles. The van der Waals surface area contributed by atoms with E-state index in [0.29, 0.717) is 0 Å². The molecule has 2 rings (SSSR count). The van der Waals surface area contributed by atoms with E-state index in [1.165, 1.54) is 24.2 Å². The SMILES string of the molecule is CCNC1CCC(Sc2ccncc2)C1. The number of nitrogens with zero attached hydrogens (tertiary/aromatic N) is 1. The molecule has 1 N–H and O–H groups in total. The number of thioether (sulfide) groups is 1. The van der Waals surface area contributed by atoms with Crippen molar-refractivity contribution in [2.75, 3.05) is 6.54 Å². The van der Waals surface area contributed by atoms with Crippen molar-refractivity contribution in [3.63, 3.8) is 0 Å². The predicted molar refractivity (Wildman–Crippen MR) is 65.2 cm³/mol. The topological polar surface area (TPSA) is 24.9 Å². The van der Waals surface area contributed by atoms with E-state index in [0.717, 1.165) is 17.8 Å². The lowest BCUT2D eigenvalue weighted by Gasteiger charge is -2.11. The van der Waals surface area contributed by atoms with Crippen molar-refractivity contribution >= 4 is 11.8 Å². The fraction of sp³-hybridized carbons (Fsp3) is 0.583. The van der Waals surface area contributed by atoms with Gasteiger partial charge in [0.25, 0.3) is 0 Å². The molecule has 2 atom stereocenters. The van der Waals surface area contributed by atoms with Gasteiger partial charge >= 0.3 is 0 Å². The van der Waals surface area contributed by atoms with Crippen LogP contribution in [-0.4, -0.2) is 22.8 Å². The minimum atomic E-state index is 0.745. The zero-order valence-electron chi connectivity index (χ0n) is 9.15. The summed E-state index contributed by atoms with van der Waals surface area (Å²) in [6.07, 6.45) is 7.72. The second-order valence-corrected chi connectivity index (χ2v) is 5.36. The first-order valence-corrected chi connectivity index (χ1v) is 6.56. The summed E-state index contributed by atoms with van der Waals surface area (Å²) < 4.78 is 0. The van der Waals surface area contributed by atoms with Crippen molar-refractivity contribution in [1.29, 1.82) is 0 Å². The summed E-state index contributed by atoms with van der Waals surface area (Å²) in [6.45, 7) is 3.28. The Kier molecular flexibility index (Phi) is 4.03. The molecule has 82 valence electrons. The number of nitrogens with one attached hydrogen (secondary N) is 1. The summed E-state index contributed by atoms with van der Waals surface area (Å²) in [4.78, 5) is 5.39. The Hall–Kier alpha value is -0.540. The first kappa shape index (κ1) is 11.0. The monoisotopic (exact) mass is 222 g/mol. The van der Waals surface area contributed by atoms with Crippen LogP contribution in [0.4, 0.5) is 0 Å². The highest BCUT2D eigenvalue weighted by Gasteiger charge is 2.24. The van der Waals surface area contributed by atoms with Crippen molar-refractivity contribution < 1.29 is 0 Å². The zero-order chi connectivity index (χ0) is 10.5. The molecule has 1 fully saturated rings. The van der Waals surface area contributed by atoms with Gasteiger partial charge in [-0.3, -0.25) is 4.98 Å². The van der Waals surface area contributed by atoms with Crippen LogP contribution in [0.25, 0.3) is 0 Å². The van der Waals surface area contributed by atoms with E-state index in [1.54, 1.807) is 0 Å². The molecular formula is C12H18N2S. The third-order valence-electron chi connectivity index (χ3n) is 2.83. The number of pyridine rings is 1. The van der Waals surface area contributed by atoms with Gasteiger partial charge in [-0.05, 0) is 37.9 Å². The van der Waals surface area contributed by atoms with Crippen molar-refractivity contribution in [1.82, 2.24) is 10.3 Å². The molecule has 0 spiro atoms. The third kappa shape index (κ3) is 3.21. The highest BCUT2D eigenvalue weighted by Crippen LogP contribution is 2.34. The van der Waals surface area contributed by atoms with Crippen LogP contribution in [0.2, 0.25) is 0 Å². The molecule has 3 heteroatoms. The maximum Gasteiger partial charge on any atom is 0.0278 e. The van der Waals surface area contributed by atoms with E-state index in [4.69, 9.17) is 0 Å². The maximum atomic E-state index is 4.04. The Labute approximate surface area is 95.9 Å². The Morgan fingerprint density at radius 3 is 2.93 bits per heavy atom. The van der Waals surface area contributed by atoms with E-state index < -0.39 is 0 Å². The Morgan fingerprint density at radius 2 is 2.20 bits per heavy atom. The predicted octanol–water partition coefficient (Wildman–Crippen LogP) is 2.70. The van der Waals surface area contributed by atoms with Gasteiger partial charge < -0.3 is 5.32 Å². The number of hydrogen-bond acceptors (Lipinski definition) is 3. The van der Waals surface area contributed by atoms with Crippen LogP contribution in [-0.2, 0) is 0 Å². The Bertz CT molecular complexity index is 289. The van der Waals surface area contributed by atoms with E-state index in [1.807, 2.05) is 24.2 Å². The van der Waals surface area contributed by atoms with Gasteiger partial charge in [0.05, 0.1) is 0 Å². The molecule has 0 amide bonds. The molecule has 2 nitrogen and oxygen atoms in total. The Balaban J connectivity index is 1.82. The van der Waals surface area contributed by atoms with Gasteiger partial charge in [-0.25, -0.2) is 0 Å². The number of hydrogen-bond donors (Lipinski definition) is 1. The normalized spacial score (nSPS) is 25.7. The fourth-order valence-electron chi connectivity index (χ4n) is 2.13. The second-order valence-electron chi connectivity index (χ2n) is 3.99. The maximum absolute atomic E-state index is 4.04. The van der Waals surface area contributed by atoms with Gasteiger partial charge in [0.1, 0.15) is 0 Å². The molecule has 15 heavy (non-hydrogen) atoms. The standard InChI is InChI=1S/C12H18N2S/c1-2-14-10-3-4-12(9-10)15-11-5-7-13-8-6-11/h5-8,10,12,14H,2-4,9H2,1H3. The van der Waals surface area contributed by atoms with Crippen molar-refractivity contribution in [3.05, 3.63) is 24.5 Å². The largest absolute Gasteiger partial charge is 0.314 e. The lowest BCUT2D eigenvalue weighted by Crippen LogP contribution is -2.26. The summed E-state index contributed by atoms with van der Waals surface area (Å²) in [5.41, 5.74) is 0. The van der Waals surface area contributed by atoms with Crippen molar-refractivity contribution in [3.8, 4) is 0 Å². The van der Waals surface area contributed by atoms with Crippen LogP contribution in [0.3, 0.4) is 0 Å². The first-order valence-electron chi connectivity index (χ1n) is 5.68. The van der Waals surface area contributed by atoms with Crippen molar-refractivity contribution in [2.24, 2.45) is 0 Å². The molecule has 1 aromatic heterocycles. The molecule has 1 heterocycles. The molecular weight excluding hydrogens is 204 g/mol. The molecule has 0 radical (unpaired) electrons. The van der Waals surface area contributed by atoms with Gasteiger partial charge in [-0.2, -0.15) is 0 Å². The van der Waals surface area contributed by atoms with Gasteiger partial charge in [-0.1, -0.05) is 6.92 Å². The molecule has 2 unspecified atom stereocenters. The summed E-state index contributed by atoms with van der Waals surface area (Å²) in [5.74, 6) is 0. The van der Waals surface area contributed by atoms with Crippen LogP contribution >= 0.6 is 11.8 Å². The summed E-state index contributed by atoms with van der Waals surface area (Å²) >= 11 is 2.00. The first-order chi connectivity index (χ1) is 7.38. The van der Waals surface area contributed by atoms with Crippen LogP contribution < -0.4 is 5.32 Å². The minimum absolute atomic E-state index is 0.745. The molecule has 1 aromatic rings. The van der Waals surface area contributed by atoms with Crippen LogP contribution in [0.1, 0.15) is 26.2 Å². The average molecular weight is 222 g/mol. The van der Waals surface area contributed by atoms with Gasteiger partial charge in [0, 0.05) is 28.6 Å². The van der Waals surface area contributed by atoms with Crippen LogP contribution in [0, 0.1) is 0 Å². The third-order valence-corrected chi connectivity index (χ3v) is 4.14. The van der Waals surface area contributed by atoms with E-state index in [9.17, 15) is 0 Å². The molecule has 0 aromatic carbocycles.